The van der Waals surface area contributed by atoms with E-state index in [2.05, 4.69) is 15.4 Å². The quantitative estimate of drug-likeness (QED) is 0.589. The van der Waals surface area contributed by atoms with Crippen LogP contribution in [0.25, 0.3) is 0 Å². The fourth-order valence-corrected chi connectivity index (χ4v) is 6.50. The maximum Gasteiger partial charge on any atom is 0.387 e. The number of hydrogen-bond acceptors (Lipinski definition) is 5. The molecule has 0 saturated heterocycles. The van der Waals surface area contributed by atoms with Crippen LogP contribution in [0.15, 0.2) is 18.2 Å². The van der Waals surface area contributed by atoms with Crippen LogP contribution in [-0.4, -0.2) is 36.5 Å². The molecular formula is C22H25ClF2N2O5. The van der Waals surface area contributed by atoms with Crippen molar-refractivity contribution in [2.24, 2.45) is 17.3 Å². The summed E-state index contributed by atoms with van der Waals surface area (Å²) in [6.45, 7) is -2.00. The number of alkyl halides is 2. The van der Waals surface area contributed by atoms with Crippen LogP contribution >= 0.6 is 11.6 Å². The Morgan fingerprint density at radius 2 is 1.88 bits per heavy atom. The molecule has 4 aliphatic carbocycles. The molecular weight excluding hydrogens is 446 g/mol. The molecule has 0 aliphatic heterocycles. The van der Waals surface area contributed by atoms with Crippen molar-refractivity contribution in [3.63, 3.8) is 0 Å². The zero-order valence-electron chi connectivity index (χ0n) is 17.6. The van der Waals surface area contributed by atoms with E-state index in [0.29, 0.717) is 31.1 Å². The Hall–Kier alpha value is -2.42. The molecule has 10 heteroatoms. The standard InChI is InChI=1S/C22H25ClF2N2O5/c1-12(28)27-22-8-13-4-14(9-22)7-21(6-13,11-22)19(30)31-10-18(29)26-15-2-3-17(16(23)5-15)32-20(24)25/h2-3,5,13-14,20H,4,6-11H2,1H3,(H,26,29)(H,27,28). The van der Waals surface area contributed by atoms with E-state index in [0.717, 1.165) is 19.3 Å². The highest BCUT2D eigenvalue weighted by Crippen LogP contribution is 2.62. The number of nitrogens with one attached hydrogen (secondary N) is 2. The van der Waals surface area contributed by atoms with Crippen molar-refractivity contribution in [2.45, 2.75) is 57.6 Å². The van der Waals surface area contributed by atoms with Crippen LogP contribution < -0.4 is 15.4 Å². The zero-order valence-corrected chi connectivity index (χ0v) is 18.3. The average Bonchev–Trinajstić information content (AvgIpc) is 2.66. The van der Waals surface area contributed by atoms with Gasteiger partial charge in [-0.25, -0.2) is 0 Å². The maximum atomic E-state index is 13.1. The lowest BCUT2D eigenvalue weighted by Gasteiger charge is -2.60. The predicted molar refractivity (Wildman–Crippen MR) is 111 cm³/mol. The highest BCUT2D eigenvalue weighted by molar-refractivity contribution is 6.32. The van der Waals surface area contributed by atoms with Gasteiger partial charge in [0.1, 0.15) is 5.75 Å². The first-order chi connectivity index (χ1) is 15.1. The van der Waals surface area contributed by atoms with Crippen LogP contribution in [0.1, 0.15) is 45.4 Å². The monoisotopic (exact) mass is 470 g/mol. The average molecular weight is 471 g/mol. The molecule has 32 heavy (non-hydrogen) atoms. The maximum absolute atomic E-state index is 13.1. The molecule has 0 aromatic heterocycles. The largest absolute Gasteiger partial charge is 0.455 e. The van der Waals surface area contributed by atoms with Crippen molar-refractivity contribution in [1.29, 1.82) is 0 Å². The van der Waals surface area contributed by atoms with Crippen LogP contribution in [0.3, 0.4) is 0 Å². The first-order valence-corrected chi connectivity index (χ1v) is 11.0. The van der Waals surface area contributed by atoms with E-state index in [-0.39, 0.29) is 27.9 Å². The minimum absolute atomic E-state index is 0.0862. The molecule has 4 aliphatic rings. The summed E-state index contributed by atoms with van der Waals surface area (Å²) in [6, 6.07) is 3.85. The lowest BCUT2D eigenvalue weighted by Crippen LogP contribution is -2.64. The van der Waals surface area contributed by atoms with Gasteiger partial charge in [0.25, 0.3) is 5.91 Å². The first-order valence-electron chi connectivity index (χ1n) is 10.6. The van der Waals surface area contributed by atoms with Crippen molar-refractivity contribution < 1.29 is 32.6 Å². The Balaban J connectivity index is 1.36. The number of ether oxygens (including phenoxy) is 2. The molecule has 5 rings (SSSR count). The van der Waals surface area contributed by atoms with E-state index in [1.807, 2.05) is 0 Å². The Morgan fingerprint density at radius 1 is 1.19 bits per heavy atom. The molecule has 174 valence electrons. The summed E-state index contributed by atoms with van der Waals surface area (Å²) in [5, 5.41) is 5.53. The third-order valence-corrected chi connectivity index (χ3v) is 7.00. The molecule has 4 saturated carbocycles. The lowest BCUT2D eigenvalue weighted by atomic mass is 9.47. The van der Waals surface area contributed by atoms with Crippen LogP contribution in [0, 0.1) is 17.3 Å². The molecule has 0 spiro atoms. The van der Waals surface area contributed by atoms with Crippen LogP contribution in [0.2, 0.25) is 5.02 Å². The molecule has 0 heterocycles. The molecule has 7 nitrogen and oxygen atoms in total. The molecule has 2 atom stereocenters. The Labute approximate surface area is 189 Å². The van der Waals surface area contributed by atoms with Gasteiger partial charge in [-0.1, -0.05) is 11.6 Å². The zero-order chi connectivity index (χ0) is 23.1. The first kappa shape index (κ1) is 22.8. The van der Waals surface area contributed by atoms with Gasteiger partial charge in [0, 0.05) is 18.2 Å². The topological polar surface area (TPSA) is 93.7 Å². The Kier molecular flexibility index (Phi) is 6.04. The second-order valence-electron chi connectivity index (χ2n) is 9.35. The van der Waals surface area contributed by atoms with Gasteiger partial charge >= 0.3 is 12.6 Å². The molecule has 1 aromatic rings. The van der Waals surface area contributed by atoms with Crippen molar-refractivity contribution in [1.82, 2.24) is 5.32 Å². The molecule has 4 bridgehead atoms. The molecule has 2 amide bonds. The summed E-state index contributed by atoms with van der Waals surface area (Å²) in [4.78, 5) is 37.1. The van der Waals surface area contributed by atoms with Crippen molar-refractivity contribution in [3.8, 4) is 5.75 Å². The highest BCUT2D eigenvalue weighted by atomic mass is 35.5. The molecule has 2 N–H and O–H groups in total. The van der Waals surface area contributed by atoms with Gasteiger partial charge in [-0.15, -0.1) is 0 Å². The number of anilines is 1. The van der Waals surface area contributed by atoms with Crippen molar-refractivity contribution >= 4 is 35.1 Å². The summed E-state index contributed by atoms with van der Waals surface area (Å²) >= 11 is 5.89. The van der Waals surface area contributed by atoms with Gasteiger partial charge in [-0.2, -0.15) is 8.78 Å². The molecule has 1 aromatic carbocycles. The van der Waals surface area contributed by atoms with Gasteiger partial charge in [-0.3, -0.25) is 14.4 Å². The third kappa shape index (κ3) is 4.67. The number of halogens is 3. The minimum atomic E-state index is -3.01. The fraction of sp³-hybridized carbons (Fsp3) is 0.591. The number of esters is 1. The van der Waals surface area contributed by atoms with Gasteiger partial charge in [-0.05, 0) is 68.6 Å². The summed E-state index contributed by atoms with van der Waals surface area (Å²) in [7, 11) is 0. The van der Waals surface area contributed by atoms with E-state index in [9.17, 15) is 23.2 Å². The van der Waals surface area contributed by atoms with E-state index < -0.39 is 30.5 Å². The van der Waals surface area contributed by atoms with Crippen molar-refractivity contribution in [3.05, 3.63) is 23.2 Å². The number of benzene rings is 1. The predicted octanol–water partition coefficient (Wildman–Crippen LogP) is 3.90. The summed E-state index contributed by atoms with van der Waals surface area (Å²) in [5.41, 5.74) is -0.780. The number of carbonyl (C=O) groups excluding carboxylic acids is 3. The van der Waals surface area contributed by atoms with E-state index in [1.165, 1.54) is 25.1 Å². The number of carbonyl (C=O) groups is 3. The number of amides is 2. The SMILES string of the molecule is CC(=O)NC12CC3CC(C1)CC(C(=O)OCC(=O)Nc1ccc(OC(F)F)c(Cl)c1)(C3)C2. The Morgan fingerprint density at radius 3 is 2.47 bits per heavy atom. The third-order valence-electron chi connectivity index (χ3n) is 6.70. The van der Waals surface area contributed by atoms with Gasteiger partial charge in [0.2, 0.25) is 5.91 Å². The summed E-state index contributed by atoms with van der Waals surface area (Å²) in [5.74, 6) is -0.561. The van der Waals surface area contributed by atoms with Crippen LogP contribution in [0.5, 0.6) is 5.75 Å². The fourth-order valence-electron chi connectivity index (χ4n) is 6.27. The minimum Gasteiger partial charge on any atom is -0.455 e. The second kappa shape index (κ2) is 8.50. The summed E-state index contributed by atoms with van der Waals surface area (Å²) < 4.78 is 34.3. The summed E-state index contributed by atoms with van der Waals surface area (Å²) in [6.07, 6.45) is 4.78. The molecule has 4 fully saturated rings. The molecule has 0 radical (unpaired) electrons. The second-order valence-corrected chi connectivity index (χ2v) is 9.76. The molecule has 2 unspecified atom stereocenters. The number of hydrogen-bond donors (Lipinski definition) is 2. The van der Waals surface area contributed by atoms with E-state index in [4.69, 9.17) is 16.3 Å². The number of rotatable bonds is 7. The van der Waals surface area contributed by atoms with Crippen molar-refractivity contribution in [2.75, 3.05) is 11.9 Å². The van der Waals surface area contributed by atoms with E-state index >= 15 is 0 Å². The van der Waals surface area contributed by atoms with Gasteiger partial charge < -0.3 is 20.1 Å². The smallest absolute Gasteiger partial charge is 0.387 e. The van der Waals surface area contributed by atoms with Gasteiger partial charge in [0.05, 0.1) is 10.4 Å². The van der Waals surface area contributed by atoms with Gasteiger partial charge in [0.15, 0.2) is 6.61 Å². The van der Waals surface area contributed by atoms with Crippen LogP contribution in [0.4, 0.5) is 14.5 Å². The highest BCUT2D eigenvalue weighted by Gasteiger charge is 2.61. The normalized spacial score (nSPS) is 30.2. The lowest BCUT2D eigenvalue weighted by molar-refractivity contribution is -0.176. The Bertz CT molecular complexity index is 927. The van der Waals surface area contributed by atoms with E-state index in [1.54, 1.807) is 0 Å². The van der Waals surface area contributed by atoms with Crippen LogP contribution in [-0.2, 0) is 19.1 Å².